The zero-order valence-corrected chi connectivity index (χ0v) is 15.0. The molecule has 0 aliphatic heterocycles. The molecule has 0 saturated heterocycles. The Labute approximate surface area is 152 Å². The molecule has 4 rings (SSSR count). The number of hydrogen-bond donors (Lipinski definition) is 0. The van der Waals surface area contributed by atoms with Crippen LogP contribution in [0.3, 0.4) is 0 Å². The SMILES string of the molecule is CC.N#Cc1cccc(C#N)c1.c1ccc2c(c1)sc1ccccc12. The first kappa shape index (κ1) is 18.2. The van der Waals surface area contributed by atoms with Crippen LogP contribution < -0.4 is 0 Å². The molecule has 0 saturated carbocycles. The normalized spacial score (nSPS) is 9.12. The highest BCUT2D eigenvalue weighted by Crippen LogP contribution is 2.32. The molecule has 0 bridgehead atoms. The lowest BCUT2D eigenvalue weighted by atomic mass is 10.2. The summed E-state index contributed by atoms with van der Waals surface area (Å²) in [6, 6.07) is 27.6. The summed E-state index contributed by atoms with van der Waals surface area (Å²) >= 11 is 1.86. The Kier molecular flexibility index (Phi) is 6.72. The van der Waals surface area contributed by atoms with Crippen LogP contribution in [0.1, 0.15) is 25.0 Å². The number of thiophene rings is 1. The molecule has 0 fully saturated rings. The summed E-state index contributed by atoms with van der Waals surface area (Å²) < 4.78 is 2.76. The summed E-state index contributed by atoms with van der Waals surface area (Å²) in [6.45, 7) is 4.00. The maximum absolute atomic E-state index is 8.40. The summed E-state index contributed by atoms with van der Waals surface area (Å²) in [5, 5.41) is 19.6. The second kappa shape index (κ2) is 9.23. The van der Waals surface area contributed by atoms with Gasteiger partial charge in [-0.1, -0.05) is 56.3 Å². The largest absolute Gasteiger partial charge is 0.192 e. The molecule has 0 aliphatic carbocycles. The van der Waals surface area contributed by atoms with E-state index < -0.39 is 0 Å². The Bertz CT molecular complexity index is 969. The predicted octanol–water partition coefficient (Wildman–Crippen LogP) is 6.51. The van der Waals surface area contributed by atoms with E-state index in [0.29, 0.717) is 11.1 Å². The average Bonchev–Trinajstić information content (AvgIpc) is 3.09. The van der Waals surface area contributed by atoms with Crippen molar-refractivity contribution in [3.8, 4) is 12.1 Å². The second-order valence-corrected chi connectivity index (χ2v) is 5.98. The quantitative estimate of drug-likeness (QED) is 0.365. The molecule has 1 heterocycles. The molecular weight excluding hydrogens is 324 g/mol. The number of nitriles is 2. The molecule has 0 atom stereocenters. The summed E-state index contributed by atoms with van der Waals surface area (Å²) in [7, 11) is 0. The van der Waals surface area contributed by atoms with Crippen LogP contribution in [0, 0.1) is 22.7 Å². The molecule has 1 aromatic heterocycles. The van der Waals surface area contributed by atoms with Gasteiger partial charge in [0, 0.05) is 20.2 Å². The lowest BCUT2D eigenvalue weighted by Gasteiger charge is -1.88. The van der Waals surface area contributed by atoms with E-state index in [1.165, 1.54) is 20.2 Å². The minimum absolute atomic E-state index is 0.527. The number of benzene rings is 3. The van der Waals surface area contributed by atoms with Gasteiger partial charge in [-0.05, 0) is 30.3 Å². The van der Waals surface area contributed by atoms with Gasteiger partial charge in [0.15, 0.2) is 0 Å². The van der Waals surface area contributed by atoms with Gasteiger partial charge < -0.3 is 0 Å². The van der Waals surface area contributed by atoms with Gasteiger partial charge in [0.05, 0.1) is 23.3 Å². The van der Waals surface area contributed by atoms with Crippen molar-refractivity contribution in [2.75, 3.05) is 0 Å². The fourth-order valence-electron chi connectivity index (χ4n) is 2.33. The van der Waals surface area contributed by atoms with Crippen molar-refractivity contribution in [2.24, 2.45) is 0 Å². The molecule has 25 heavy (non-hydrogen) atoms. The van der Waals surface area contributed by atoms with Crippen molar-refractivity contribution < 1.29 is 0 Å². The summed E-state index contributed by atoms with van der Waals surface area (Å²) in [4.78, 5) is 0. The van der Waals surface area contributed by atoms with Gasteiger partial charge in [0.2, 0.25) is 0 Å². The third-order valence-corrected chi connectivity index (χ3v) is 4.56. The number of nitrogens with zero attached hydrogens (tertiary/aromatic N) is 2. The van der Waals surface area contributed by atoms with E-state index in [-0.39, 0.29) is 0 Å². The first-order valence-electron chi connectivity index (χ1n) is 8.08. The topological polar surface area (TPSA) is 47.6 Å². The molecule has 0 N–H and O–H groups in total. The second-order valence-electron chi connectivity index (χ2n) is 4.90. The number of rotatable bonds is 0. The van der Waals surface area contributed by atoms with Crippen molar-refractivity contribution in [1.82, 2.24) is 0 Å². The van der Waals surface area contributed by atoms with Gasteiger partial charge in [-0.25, -0.2) is 0 Å². The van der Waals surface area contributed by atoms with Gasteiger partial charge in [-0.2, -0.15) is 10.5 Å². The molecule has 0 spiro atoms. The lowest BCUT2D eigenvalue weighted by Crippen LogP contribution is -1.75. The van der Waals surface area contributed by atoms with E-state index in [4.69, 9.17) is 10.5 Å². The molecule has 3 heteroatoms. The van der Waals surface area contributed by atoms with E-state index in [1.807, 2.05) is 37.3 Å². The van der Waals surface area contributed by atoms with Crippen molar-refractivity contribution in [3.63, 3.8) is 0 Å². The van der Waals surface area contributed by atoms with Crippen LogP contribution >= 0.6 is 11.3 Å². The van der Waals surface area contributed by atoms with Gasteiger partial charge in [0.1, 0.15) is 0 Å². The van der Waals surface area contributed by atoms with Crippen LogP contribution in [0.5, 0.6) is 0 Å². The van der Waals surface area contributed by atoms with Crippen molar-refractivity contribution in [1.29, 1.82) is 10.5 Å². The van der Waals surface area contributed by atoms with E-state index in [0.717, 1.165) is 0 Å². The minimum atomic E-state index is 0.527. The molecule has 0 radical (unpaired) electrons. The summed E-state index contributed by atoms with van der Waals surface area (Å²) in [5.74, 6) is 0. The lowest BCUT2D eigenvalue weighted by molar-refractivity contribution is 1.45. The van der Waals surface area contributed by atoms with E-state index in [9.17, 15) is 0 Å². The Morgan fingerprint density at radius 2 is 1.08 bits per heavy atom. The molecule has 122 valence electrons. The van der Waals surface area contributed by atoms with Gasteiger partial charge in [-0.3, -0.25) is 0 Å². The molecule has 3 aromatic carbocycles. The van der Waals surface area contributed by atoms with Crippen LogP contribution in [-0.2, 0) is 0 Å². The summed E-state index contributed by atoms with van der Waals surface area (Å²) in [5.41, 5.74) is 1.05. The maximum atomic E-state index is 8.40. The molecular formula is C22H18N2S. The minimum Gasteiger partial charge on any atom is -0.192 e. The number of hydrogen-bond acceptors (Lipinski definition) is 3. The van der Waals surface area contributed by atoms with E-state index >= 15 is 0 Å². The Hall–Kier alpha value is -3.14. The first-order chi connectivity index (χ1) is 12.3. The predicted molar refractivity (Wildman–Crippen MR) is 107 cm³/mol. The standard InChI is InChI=1S/C12H8S.C8H4N2.C2H6/c1-3-7-11-9(5-1)10-6-2-4-8-12(10)13-11;9-5-7-2-1-3-8(4-7)6-10;1-2/h1-8H;1-4H;1-2H3. The highest BCUT2D eigenvalue weighted by atomic mass is 32.1. The van der Waals surface area contributed by atoms with E-state index in [2.05, 4.69) is 48.5 Å². The fraction of sp³-hybridized carbons (Fsp3) is 0.0909. The Morgan fingerprint density at radius 3 is 1.52 bits per heavy atom. The molecule has 4 aromatic rings. The van der Waals surface area contributed by atoms with E-state index in [1.54, 1.807) is 24.3 Å². The Morgan fingerprint density at radius 1 is 0.640 bits per heavy atom. The third kappa shape index (κ3) is 4.44. The van der Waals surface area contributed by atoms with Crippen LogP contribution in [0.4, 0.5) is 0 Å². The highest BCUT2D eigenvalue weighted by Gasteiger charge is 2.01. The van der Waals surface area contributed by atoms with Crippen molar-refractivity contribution in [3.05, 3.63) is 83.9 Å². The number of fused-ring (bicyclic) bond motifs is 3. The highest BCUT2D eigenvalue weighted by molar-refractivity contribution is 7.25. The fourth-order valence-corrected chi connectivity index (χ4v) is 3.44. The zero-order valence-electron chi connectivity index (χ0n) is 14.2. The van der Waals surface area contributed by atoms with Gasteiger partial charge in [-0.15, -0.1) is 11.3 Å². The monoisotopic (exact) mass is 342 g/mol. The van der Waals surface area contributed by atoms with Crippen molar-refractivity contribution >= 4 is 31.5 Å². The van der Waals surface area contributed by atoms with Gasteiger partial charge in [0.25, 0.3) is 0 Å². The first-order valence-corrected chi connectivity index (χ1v) is 8.90. The van der Waals surface area contributed by atoms with Crippen LogP contribution in [-0.4, -0.2) is 0 Å². The van der Waals surface area contributed by atoms with Crippen molar-refractivity contribution in [2.45, 2.75) is 13.8 Å². The zero-order chi connectivity index (χ0) is 18.1. The van der Waals surface area contributed by atoms with Gasteiger partial charge >= 0.3 is 0 Å². The van der Waals surface area contributed by atoms with Crippen LogP contribution in [0.25, 0.3) is 20.2 Å². The third-order valence-electron chi connectivity index (χ3n) is 3.40. The molecule has 0 unspecified atom stereocenters. The van der Waals surface area contributed by atoms with Crippen LogP contribution in [0.15, 0.2) is 72.8 Å². The molecule has 0 amide bonds. The average molecular weight is 342 g/mol. The molecule has 2 nitrogen and oxygen atoms in total. The molecule has 0 aliphatic rings. The maximum Gasteiger partial charge on any atom is 0.0992 e. The summed E-state index contributed by atoms with van der Waals surface area (Å²) in [6.07, 6.45) is 0. The Balaban J connectivity index is 0.000000170. The van der Waals surface area contributed by atoms with Crippen LogP contribution in [0.2, 0.25) is 0 Å². The smallest absolute Gasteiger partial charge is 0.0992 e.